The highest BCUT2D eigenvalue weighted by atomic mass is 19.1. The maximum atomic E-state index is 13.7. The molecule has 3 rings (SSSR count). The molecule has 3 aromatic rings. The van der Waals surface area contributed by atoms with Crippen molar-refractivity contribution >= 4 is 28.8 Å². The van der Waals surface area contributed by atoms with Crippen molar-refractivity contribution in [3.8, 4) is 6.07 Å². The summed E-state index contributed by atoms with van der Waals surface area (Å²) in [5.41, 5.74) is 0.608. The number of ketones is 1. The van der Waals surface area contributed by atoms with E-state index in [1.54, 1.807) is 43.3 Å². The Kier molecular flexibility index (Phi) is 7.74. The summed E-state index contributed by atoms with van der Waals surface area (Å²) in [6.07, 6.45) is 0. The van der Waals surface area contributed by atoms with Crippen molar-refractivity contribution in [2.24, 2.45) is 0 Å². The lowest BCUT2D eigenvalue weighted by atomic mass is 9.97. The summed E-state index contributed by atoms with van der Waals surface area (Å²) < 4.78 is 13.7. The van der Waals surface area contributed by atoms with Gasteiger partial charge in [-0.1, -0.05) is 24.3 Å². The normalized spacial score (nSPS) is 10.2. The number of halogens is 1. The third kappa shape index (κ3) is 5.59. The number of carbonyl (C=O) groups excluding carboxylic acids is 2. The summed E-state index contributed by atoms with van der Waals surface area (Å²) in [6.45, 7) is 0.337. The molecule has 0 heterocycles. The second kappa shape index (κ2) is 10.9. The monoisotopic (exact) mass is 475 g/mol. The van der Waals surface area contributed by atoms with Crippen LogP contribution >= 0.6 is 0 Å². The maximum absolute atomic E-state index is 13.7. The molecule has 1 amide bonds. The first-order valence-electron chi connectivity index (χ1n) is 10.5. The van der Waals surface area contributed by atoms with Gasteiger partial charge in [-0.3, -0.25) is 19.7 Å². The molecular weight excluding hydrogens is 453 g/mol. The van der Waals surface area contributed by atoms with E-state index in [9.17, 15) is 24.1 Å². The van der Waals surface area contributed by atoms with Gasteiger partial charge in [0.05, 0.1) is 16.2 Å². The van der Waals surface area contributed by atoms with Crippen LogP contribution in [0.2, 0.25) is 0 Å². The fraction of sp³-hybridized carbons (Fsp3) is 0.160. The molecule has 0 atom stereocenters. The quantitative estimate of drug-likeness (QED) is 0.209. The first kappa shape index (κ1) is 24.9. The van der Waals surface area contributed by atoms with Gasteiger partial charge in [-0.2, -0.15) is 5.26 Å². The van der Waals surface area contributed by atoms with Gasteiger partial charge in [0.1, 0.15) is 23.1 Å². The molecule has 0 spiro atoms. The molecule has 0 aliphatic heterocycles. The fourth-order valence-electron chi connectivity index (χ4n) is 3.48. The number of hydrogen-bond acceptors (Lipinski definition) is 7. The van der Waals surface area contributed by atoms with Gasteiger partial charge < -0.3 is 15.5 Å². The van der Waals surface area contributed by atoms with Gasteiger partial charge >= 0.3 is 0 Å². The lowest BCUT2D eigenvalue weighted by Gasteiger charge is -2.14. The molecule has 35 heavy (non-hydrogen) atoms. The van der Waals surface area contributed by atoms with Crippen molar-refractivity contribution in [2.75, 3.05) is 37.4 Å². The number of amides is 1. The summed E-state index contributed by atoms with van der Waals surface area (Å²) in [5, 5.41) is 26.1. The lowest BCUT2D eigenvalue weighted by molar-refractivity contribution is -0.384. The first-order chi connectivity index (χ1) is 16.7. The maximum Gasteiger partial charge on any atom is 0.293 e. The Morgan fingerprint density at radius 3 is 2.43 bits per heavy atom. The molecule has 0 bridgehead atoms. The van der Waals surface area contributed by atoms with E-state index >= 15 is 0 Å². The molecule has 10 heteroatoms. The highest BCUT2D eigenvalue weighted by molar-refractivity contribution is 6.15. The smallest absolute Gasteiger partial charge is 0.293 e. The van der Waals surface area contributed by atoms with Gasteiger partial charge in [0, 0.05) is 44.4 Å². The summed E-state index contributed by atoms with van der Waals surface area (Å²) in [5.74, 6) is -1.69. The second-order valence-corrected chi connectivity index (χ2v) is 7.69. The van der Waals surface area contributed by atoms with Crippen LogP contribution in [-0.2, 0) is 0 Å². The molecule has 0 saturated carbocycles. The number of rotatable bonds is 9. The predicted molar refractivity (Wildman–Crippen MR) is 129 cm³/mol. The molecule has 178 valence electrons. The average molecular weight is 475 g/mol. The molecule has 0 aliphatic carbocycles. The van der Waals surface area contributed by atoms with Crippen LogP contribution in [0.5, 0.6) is 0 Å². The number of nitrogens with one attached hydrogen (secondary N) is 2. The van der Waals surface area contributed by atoms with E-state index in [1.165, 1.54) is 42.5 Å². The van der Waals surface area contributed by atoms with Crippen LogP contribution in [0.4, 0.5) is 21.5 Å². The average Bonchev–Trinajstić information content (AvgIpc) is 2.85. The zero-order valence-corrected chi connectivity index (χ0v) is 19.0. The van der Waals surface area contributed by atoms with E-state index in [-0.39, 0.29) is 41.0 Å². The number of nitrogens with zero attached hydrogens (tertiary/aromatic N) is 3. The largest absolute Gasteiger partial charge is 0.382 e. The molecule has 0 aliphatic rings. The minimum atomic E-state index is -0.646. The first-order valence-corrected chi connectivity index (χ1v) is 10.5. The van der Waals surface area contributed by atoms with Crippen LogP contribution in [0.1, 0.15) is 31.8 Å². The number of nitro benzene ring substituents is 1. The number of anilines is 2. The number of nitro groups is 1. The van der Waals surface area contributed by atoms with Crippen molar-refractivity contribution in [3.05, 3.63) is 98.8 Å². The Morgan fingerprint density at radius 1 is 1.06 bits per heavy atom. The van der Waals surface area contributed by atoms with E-state index < -0.39 is 22.4 Å². The molecule has 0 fully saturated rings. The summed E-state index contributed by atoms with van der Waals surface area (Å²) in [7, 11) is 3.32. The van der Waals surface area contributed by atoms with Crippen LogP contribution in [0.3, 0.4) is 0 Å². The minimum absolute atomic E-state index is 0.0827. The van der Waals surface area contributed by atoms with Crippen LogP contribution in [-0.4, -0.2) is 43.8 Å². The van der Waals surface area contributed by atoms with Crippen molar-refractivity contribution in [3.63, 3.8) is 0 Å². The zero-order chi connectivity index (χ0) is 25.5. The van der Waals surface area contributed by atoms with Crippen molar-refractivity contribution in [1.82, 2.24) is 5.32 Å². The molecule has 9 nitrogen and oxygen atoms in total. The van der Waals surface area contributed by atoms with Crippen LogP contribution in [0, 0.1) is 27.3 Å². The van der Waals surface area contributed by atoms with Gasteiger partial charge in [-0.15, -0.1) is 0 Å². The van der Waals surface area contributed by atoms with E-state index in [4.69, 9.17) is 5.26 Å². The van der Waals surface area contributed by atoms with Gasteiger partial charge in [0.15, 0.2) is 5.78 Å². The fourth-order valence-corrected chi connectivity index (χ4v) is 3.48. The SMILES string of the molecule is CN(C)c1ccc(C(=O)c2ccccc2C(=O)NCCNc2cccc(F)c2C#N)cc1[N+](=O)[O-]. The predicted octanol–water partition coefficient (Wildman–Crippen LogP) is 3.74. The van der Waals surface area contributed by atoms with Gasteiger partial charge in [-0.05, 0) is 30.3 Å². The molecular formula is C25H22FN5O4. The van der Waals surface area contributed by atoms with E-state index in [1.807, 2.05) is 0 Å². The summed E-state index contributed by atoms with van der Waals surface area (Å²) in [6, 6.07) is 16.3. The minimum Gasteiger partial charge on any atom is -0.382 e. The van der Waals surface area contributed by atoms with E-state index in [0.29, 0.717) is 11.4 Å². The van der Waals surface area contributed by atoms with Crippen molar-refractivity contribution < 1.29 is 18.9 Å². The van der Waals surface area contributed by atoms with E-state index in [2.05, 4.69) is 10.6 Å². The highest BCUT2D eigenvalue weighted by Gasteiger charge is 2.22. The van der Waals surface area contributed by atoms with Crippen molar-refractivity contribution in [2.45, 2.75) is 0 Å². The number of benzene rings is 3. The Bertz CT molecular complexity index is 1330. The molecule has 2 N–H and O–H groups in total. The standard InChI is InChI=1S/C25H22FN5O4/c1-30(2)22-11-10-16(14-23(22)31(34)35)24(32)17-6-3-4-7-18(17)25(33)29-13-12-28-21-9-5-8-20(26)19(21)15-27/h3-11,14,28H,12-13H2,1-2H3,(H,29,33). The zero-order valence-electron chi connectivity index (χ0n) is 19.0. The molecule has 3 aromatic carbocycles. The van der Waals surface area contributed by atoms with Gasteiger partial charge in [-0.25, -0.2) is 4.39 Å². The van der Waals surface area contributed by atoms with Crippen LogP contribution in [0.25, 0.3) is 0 Å². The van der Waals surface area contributed by atoms with Gasteiger partial charge in [0.25, 0.3) is 11.6 Å². The summed E-state index contributed by atoms with van der Waals surface area (Å²) in [4.78, 5) is 38.4. The Balaban J connectivity index is 1.74. The van der Waals surface area contributed by atoms with Crippen molar-refractivity contribution in [1.29, 1.82) is 5.26 Å². The Morgan fingerprint density at radius 2 is 1.77 bits per heavy atom. The summed E-state index contributed by atoms with van der Waals surface area (Å²) >= 11 is 0. The van der Waals surface area contributed by atoms with E-state index in [0.717, 1.165) is 0 Å². The lowest BCUT2D eigenvalue weighted by Crippen LogP contribution is -2.30. The molecule has 0 unspecified atom stereocenters. The third-order valence-electron chi connectivity index (χ3n) is 5.18. The van der Waals surface area contributed by atoms with Gasteiger partial charge in [0.2, 0.25) is 0 Å². The molecule has 0 aromatic heterocycles. The molecule has 0 radical (unpaired) electrons. The van der Waals surface area contributed by atoms with Crippen LogP contribution < -0.4 is 15.5 Å². The second-order valence-electron chi connectivity index (χ2n) is 7.69. The topological polar surface area (TPSA) is 128 Å². The molecule has 0 saturated heterocycles. The highest BCUT2D eigenvalue weighted by Crippen LogP contribution is 2.29. The number of hydrogen-bond donors (Lipinski definition) is 2. The number of carbonyl (C=O) groups is 2. The Labute approximate surface area is 200 Å². The third-order valence-corrected chi connectivity index (χ3v) is 5.18. The Hall–Kier alpha value is -4.78. The van der Waals surface area contributed by atoms with Crippen LogP contribution in [0.15, 0.2) is 60.7 Å². The number of nitriles is 1.